The molecule has 9 nitrogen and oxygen atoms in total. The summed E-state index contributed by atoms with van der Waals surface area (Å²) in [5, 5.41) is 18.1. The van der Waals surface area contributed by atoms with Crippen molar-refractivity contribution in [1.82, 2.24) is 20.2 Å². The quantitative estimate of drug-likeness (QED) is 0.285. The second-order valence-electron chi connectivity index (χ2n) is 11.1. The van der Waals surface area contributed by atoms with Crippen LogP contribution >= 0.6 is 0 Å². The van der Waals surface area contributed by atoms with Crippen molar-refractivity contribution in [2.75, 3.05) is 38.2 Å². The van der Waals surface area contributed by atoms with Crippen molar-refractivity contribution in [2.45, 2.75) is 43.8 Å². The van der Waals surface area contributed by atoms with Crippen LogP contribution in [0.4, 0.5) is 11.5 Å². The number of hydrogen-bond donors (Lipinski definition) is 1. The Bertz CT molecular complexity index is 1560. The van der Waals surface area contributed by atoms with Crippen molar-refractivity contribution in [3.8, 4) is 17.1 Å². The van der Waals surface area contributed by atoms with E-state index in [1.165, 1.54) is 6.42 Å². The van der Waals surface area contributed by atoms with Gasteiger partial charge in [-0.2, -0.15) is 9.97 Å². The van der Waals surface area contributed by atoms with E-state index >= 15 is 0 Å². The summed E-state index contributed by atoms with van der Waals surface area (Å²) in [6, 6.07) is 18.8. The fraction of sp³-hybridized carbons (Fsp3) is 0.400. The molecule has 3 fully saturated rings. The van der Waals surface area contributed by atoms with Gasteiger partial charge in [0.25, 0.3) is 5.69 Å². The third-order valence-corrected chi connectivity index (χ3v) is 8.73. The molecule has 0 spiro atoms. The van der Waals surface area contributed by atoms with Gasteiger partial charge in [0.15, 0.2) is 0 Å². The number of non-ortho nitro benzene ring substituents is 1. The molecule has 3 aliphatic rings. The summed E-state index contributed by atoms with van der Waals surface area (Å²) >= 11 is 0. The minimum absolute atomic E-state index is 0.0780. The number of benzene rings is 3. The number of aromatic nitrogens is 2. The lowest BCUT2D eigenvalue weighted by molar-refractivity contribution is -0.384. The summed E-state index contributed by atoms with van der Waals surface area (Å²) in [5.74, 6) is 0.930. The van der Waals surface area contributed by atoms with Gasteiger partial charge < -0.3 is 19.9 Å². The van der Waals surface area contributed by atoms with Crippen molar-refractivity contribution in [1.29, 1.82) is 0 Å². The molecular weight excluding hydrogens is 492 g/mol. The Labute approximate surface area is 226 Å². The summed E-state index contributed by atoms with van der Waals surface area (Å²) in [5.41, 5.74) is 2.58. The lowest BCUT2D eigenvalue weighted by atomic mass is 9.96. The predicted molar refractivity (Wildman–Crippen MR) is 152 cm³/mol. The van der Waals surface area contributed by atoms with Gasteiger partial charge in [-0.1, -0.05) is 30.3 Å². The molecule has 39 heavy (non-hydrogen) atoms. The molecular formula is C30H32N6O3. The van der Waals surface area contributed by atoms with Crippen molar-refractivity contribution in [3.05, 3.63) is 64.7 Å². The zero-order valence-corrected chi connectivity index (χ0v) is 22.0. The molecule has 3 saturated heterocycles. The average Bonchev–Trinajstić information content (AvgIpc) is 3.47. The molecule has 0 aliphatic carbocycles. The van der Waals surface area contributed by atoms with Crippen molar-refractivity contribution >= 4 is 33.2 Å². The van der Waals surface area contributed by atoms with Crippen LogP contribution in [0.2, 0.25) is 0 Å². The molecule has 4 aromatic rings. The lowest BCUT2D eigenvalue weighted by Gasteiger charge is -2.37. The summed E-state index contributed by atoms with van der Waals surface area (Å²) in [6.45, 7) is 3.54. The lowest BCUT2D eigenvalue weighted by Crippen LogP contribution is -2.52. The smallest absolute Gasteiger partial charge is 0.319 e. The van der Waals surface area contributed by atoms with Crippen LogP contribution in [0, 0.1) is 10.1 Å². The van der Waals surface area contributed by atoms with E-state index in [0.29, 0.717) is 30.7 Å². The van der Waals surface area contributed by atoms with Gasteiger partial charge in [-0.25, -0.2) is 0 Å². The number of piperazine rings is 1. The number of nitrogens with zero attached hydrogens (tertiary/aromatic N) is 5. The molecule has 0 unspecified atom stereocenters. The average molecular weight is 525 g/mol. The number of likely N-dealkylation sites (N-methyl/N-ethyl adjacent to an activating group) is 1. The Morgan fingerprint density at radius 3 is 2.62 bits per heavy atom. The van der Waals surface area contributed by atoms with Gasteiger partial charge in [-0.15, -0.1) is 0 Å². The Balaban J connectivity index is 1.35. The van der Waals surface area contributed by atoms with Crippen LogP contribution in [0.15, 0.2) is 54.6 Å². The minimum Gasteiger partial charge on any atom is -0.462 e. The maximum absolute atomic E-state index is 11.7. The van der Waals surface area contributed by atoms with Crippen LogP contribution in [-0.2, 0) is 0 Å². The second-order valence-corrected chi connectivity index (χ2v) is 11.1. The van der Waals surface area contributed by atoms with Gasteiger partial charge >= 0.3 is 6.01 Å². The Morgan fingerprint density at radius 1 is 1.03 bits per heavy atom. The highest BCUT2D eigenvalue weighted by Gasteiger charge is 2.38. The molecule has 200 valence electrons. The van der Waals surface area contributed by atoms with E-state index in [4.69, 9.17) is 14.7 Å². The first-order chi connectivity index (χ1) is 19.0. The summed E-state index contributed by atoms with van der Waals surface area (Å²) in [6.07, 6.45) is 4.58. The monoisotopic (exact) mass is 524 g/mol. The van der Waals surface area contributed by atoms with Crippen LogP contribution in [-0.4, -0.2) is 71.2 Å². The number of rotatable bonds is 6. The molecule has 3 aliphatic heterocycles. The zero-order valence-electron chi connectivity index (χ0n) is 22.0. The number of hydrogen-bond acceptors (Lipinski definition) is 8. The largest absolute Gasteiger partial charge is 0.462 e. The van der Waals surface area contributed by atoms with E-state index in [2.05, 4.69) is 28.2 Å². The van der Waals surface area contributed by atoms with Crippen molar-refractivity contribution in [3.63, 3.8) is 0 Å². The van der Waals surface area contributed by atoms with Gasteiger partial charge in [0, 0.05) is 48.7 Å². The third kappa shape index (κ3) is 4.35. The van der Waals surface area contributed by atoms with E-state index in [1.807, 2.05) is 36.4 Å². The number of fused-ring (bicyclic) bond motifs is 4. The summed E-state index contributed by atoms with van der Waals surface area (Å²) in [7, 11) is 2.14. The van der Waals surface area contributed by atoms with Gasteiger partial charge in [-0.05, 0) is 73.3 Å². The van der Waals surface area contributed by atoms with Gasteiger partial charge in [0.1, 0.15) is 12.4 Å². The Kier molecular flexibility index (Phi) is 6.05. The highest BCUT2D eigenvalue weighted by atomic mass is 16.6. The van der Waals surface area contributed by atoms with E-state index in [0.717, 1.165) is 77.5 Å². The first-order valence-electron chi connectivity index (χ1n) is 13.9. The van der Waals surface area contributed by atoms with Gasteiger partial charge in [0.05, 0.1) is 10.4 Å². The Hall–Kier alpha value is -3.82. The van der Waals surface area contributed by atoms with E-state index < -0.39 is 0 Å². The summed E-state index contributed by atoms with van der Waals surface area (Å²) < 4.78 is 6.26. The van der Waals surface area contributed by atoms with Crippen molar-refractivity contribution in [2.24, 2.45) is 0 Å². The fourth-order valence-corrected chi connectivity index (χ4v) is 6.64. The fourth-order valence-electron chi connectivity index (χ4n) is 6.64. The Morgan fingerprint density at radius 2 is 1.85 bits per heavy atom. The standard InChI is InChI=1S/C30H32N6O3/c1-34-12-4-6-23(34)18-39-30-32-28-14-20(27-15-24(36(37)38)13-19-5-2-3-7-25(19)27)8-11-26(28)29(33-30)35-21-9-10-22(35)17-31-16-21/h2-3,5,7-8,11,13-15,21-23,31H,4,6,9-10,12,16-18H2,1H3/t21-,22+,23-/m0/s1. The molecule has 1 N–H and O–H groups in total. The first kappa shape index (κ1) is 24.2. The number of likely N-dealkylation sites (tertiary alicyclic amines) is 1. The number of anilines is 1. The topological polar surface area (TPSA) is 96.7 Å². The number of ether oxygens (including phenoxy) is 1. The molecule has 7 rings (SSSR count). The predicted octanol–water partition coefficient (Wildman–Crippen LogP) is 4.77. The normalized spacial score (nSPS) is 23.1. The second kappa shape index (κ2) is 9.73. The number of nitro groups is 1. The molecule has 0 saturated carbocycles. The molecule has 2 bridgehead atoms. The van der Waals surface area contributed by atoms with Crippen molar-refractivity contribution < 1.29 is 9.66 Å². The maximum Gasteiger partial charge on any atom is 0.319 e. The van der Waals surface area contributed by atoms with E-state index in [-0.39, 0.29) is 10.6 Å². The first-order valence-corrected chi connectivity index (χ1v) is 13.9. The van der Waals surface area contributed by atoms with Gasteiger partial charge in [-0.3, -0.25) is 10.1 Å². The molecule has 9 heteroatoms. The molecule has 3 atom stereocenters. The maximum atomic E-state index is 11.7. The number of nitrogens with one attached hydrogen (secondary N) is 1. The summed E-state index contributed by atoms with van der Waals surface area (Å²) in [4.78, 5) is 26.1. The van der Waals surface area contributed by atoms with Gasteiger partial charge in [0.2, 0.25) is 0 Å². The molecule has 0 amide bonds. The van der Waals surface area contributed by atoms with E-state index in [1.54, 1.807) is 12.1 Å². The third-order valence-electron chi connectivity index (χ3n) is 8.73. The van der Waals surface area contributed by atoms with Crippen LogP contribution in [0.1, 0.15) is 25.7 Å². The van der Waals surface area contributed by atoms with E-state index in [9.17, 15) is 10.1 Å². The SMILES string of the molecule is CN1CCC[C@H]1COc1nc(N2[C@@H]3CC[C@H]2CNC3)c2ccc(-c3cc([N+](=O)[O-])cc4ccccc34)cc2n1. The van der Waals surface area contributed by atoms with Crippen LogP contribution in [0.25, 0.3) is 32.8 Å². The highest BCUT2D eigenvalue weighted by molar-refractivity contribution is 6.01. The zero-order chi connectivity index (χ0) is 26.5. The molecule has 3 aromatic carbocycles. The van der Waals surface area contributed by atoms with Crippen LogP contribution in [0.3, 0.4) is 0 Å². The van der Waals surface area contributed by atoms with Crippen LogP contribution in [0.5, 0.6) is 6.01 Å². The van der Waals surface area contributed by atoms with Crippen LogP contribution < -0.4 is 15.0 Å². The highest BCUT2D eigenvalue weighted by Crippen LogP contribution is 2.39. The number of nitro benzene ring substituents is 1. The minimum atomic E-state index is -0.330. The molecule has 1 aromatic heterocycles. The molecule has 4 heterocycles. The molecule has 0 radical (unpaired) electrons.